The molecule has 1 fully saturated rings. The zero-order valence-electron chi connectivity index (χ0n) is 15.5. The average Bonchev–Trinajstić information content (AvgIpc) is 3.22. The number of imidazole rings is 1. The predicted molar refractivity (Wildman–Crippen MR) is 108 cm³/mol. The van der Waals surface area contributed by atoms with Crippen molar-refractivity contribution in [1.82, 2.24) is 9.55 Å². The van der Waals surface area contributed by atoms with Gasteiger partial charge in [0, 0.05) is 43.2 Å². The number of fused-ring (bicyclic) bond motifs is 1. The van der Waals surface area contributed by atoms with E-state index >= 15 is 0 Å². The molecule has 0 radical (unpaired) electrons. The summed E-state index contributed by atoms with van der Waals surface area (Å²) in [5.74, 6) is 1.10. The number of amides is 1. The standard InChI is InChI=1S/C21H22ClN3O2/c1-14-7-8-16(22)12-19(14)25-13-15(11-20(25)26)21-23-17-5-3-4-6-18(17)24(21)9-10-27-2/h3-8,12,15H,9-11,13H2,1-2H3. The molecule has 0 N–H and O–H groups in total. The molecule has 4 rings (SSSR count). The van der Waals surface area contributed by atoms with Crippen molar-refractivity contribution in [3.8, 4) is 0 Å². The minimum atomic E-state index is 0.0418. The second-order valence-corrected chi connectivity index (χ2v) is 7.38. The van der Waals surface area contributed by atoms with Gasteiger partial charge in [0.2, 0.25) is 5.91 Å². The van der Waals surface area contributed by atoms with E-state index in [0.29, 0.717) is 31.1 Å². The van der Waals surface area contributed by atoms with Crippen LogP contribution in [0.5, 0.6) is 0 Å². The highest BCUT2D eigenvalue weighted by Gasteiger charge is 2.35. The minimum absolute atomic E-state index is 0.0418. The van der Waals surface area contributed by atoms with Gasteiger partial charge in [0.05, 0.1) is 17.6 Å². The highest BCUT2D eigenvalue weighted by Crippen LogP contribution is 2.35. The lowest BCUT2D eigenvalue weighted by Gasteiger charge is -2.20. The van der Waals surface area contributed by atoms with Gasteiger partial charge >= 0.3 is 0 Å². The lowest BCUT2D eigenvalue weighted by atomic mass is 10.1. The summed E-state index contributed by atoms with van der Waals surface area (Å²) in [5.41, 5.74) is 3.96. The van der Waals surface area contributed by atoms with Crippen LogP contribution in [0.4, 0.5) is 5.69 Å². The normalized spacial score (nSPS) is 17.2. The first-order valence-corrected chi connectivity index (χ1v) is 9.47. The van der Waals surface area contributed by atoms with Crippen molar-refractivity contribution in [2.45, 2.75) is 25.8 Å². The molecule has 2 heterocycles. The van der Waals surface area contributed by atoms with Crippen LogP contribution in [0, 0.1) is 6.92 Å². The fraction of sp³-hybridized carbons (Fsp3) is 0.333. The van der Waals surface area contributed by atoms with Crippen LogP contribution in [0.15, 0.2) is 42.5 Å². The SMILES string of the molecule is COCCn1c(C2CC(=O)N(c3cc(Cl)ccc3C)C2)nc2ccccc21. The molecular formula is C21H22ClN3O2. The zero-order chi connectivity index (χ0) is 19.0. The van der Waals surface area contributed by atoms with Gasteiger partial charge in [-0.05, 0) is 36.8 Å². The monoisotopic (exact) mass is 383 g/mol. The molecule has 0 spiro atoms. The van der Waals surface area contributed by atoms with Gasteiger partial charge in [-0.25, -0.2) is 4.98 Å². The number of anilines is 1. The molecule has 27 heavy (non-hydrogen) atoms. The number of carbonyl (C=O) groups excluding carboxylic acids is 1. The van der Waals surface area contributed by atoms with Crippen molar-refractivity contribution in [3.05, 3.63) is 58.9 Å². The van der Waals surface area contributed by atoms with Crippen molar-refractivity contribution >= 4 is 34.2 Å². The first kappa shape index (κ1) is 18.0. The number of rotatable bonds is 5. The van der Waals surface area contributed by atoms with Gasteiger partial charge < -0.3 is 14.2 Å². The molecular weight excluding hydrogens is 362 g/mol. The van der Waals surface area contributed by atoms with E-state index in [2.05, 4.69) is 10.6 Å². The van der Waals surface area contributed by atoms with Gasteiger partial charge in [0.1, 0.15) is 5.82 Å². The summed E-state index contributed by atoms with van der Waals surface area (Å²) in [6.07, 6.45) is 0.447. The molecule has 1 aromatic heterocycles. The molecule has 2 aromatic carbocycles. The highest BCUT2D eigenvalue weighted by atomic mass is 35.5. The molecule has 140 valence electrons. The van der Waals surface area contributed by atoms with Crippen LogP contribution in [0.25, 0.3) is 11.0 Å². The lowest BCUT2D eigenvalue weighted by molar-refractivity contribution is -0.117. The van der Waals surface area contributed by atoms with Crippen LogP contribution < -0.4 is 4.90 Å². The van der Waals surface area contributed by atoms with E-state index in [-0.39, 0.29) is 11.8 Å². The van der Waals surface area contributed by atoms with Gasteiger partial charge in [0.15, 0.2) is 0 Å². The summed E-state index contributed by atoms with van der Waals surface area (Å²) < 4.78 is 7.47. The Bertz CT molecular complexity index is 998. The number of hydrogen-bond acceptors (Lipinski definition) is 3. The predicted octanol–water partition coefficient (Wildman–Crippen LogP) is 4.17. The molecule has 1 saturated heterocycles. The molecule has 0 bridgehead atoms. The first-order chi connectivity index (χ1) is 13.1. The number of ether oxygens (including phenoxy) is 1. The minimum Gasteiger partial charge on any atom is -0.383 e. The summed E-state index contributed by atoms with van der Waals surface area (Å²) in [7, 11) is 1.70. The Labute approximate surface area is 163 Å². The van der Waals surface area contributed by atoms with E-state index in [9.17, 15) is 4.79 Å². The van der Waals surface area contributed by atoms with Gasteiger partial charge in [-0.2, -0.15) is 0 Å². The van der Waals surface area contributed by atoms with Gasteiger partial charge in [-0.3, -0.25) is 4.79 Å². The summed E-state index contributed by atoms with van der Waals surface area (Å²) in [4.78, 5) is 19.5. The largest absolute Gasteiger partial charge is 0.383 e. The van der Waals surface area contributed by atoms with Crippen molar-refractivity contribution in [2.24, 2.45) is 0 Å². The van der Waals surface area contributed by atoms with Gasteiger partial charge in [-0.15, -0.1) is 0 Å². The van der Waals surface area contributed by atoms with Crippen molar-refractivity contribution in [2.75, 3.05) is 25.2 Å². The molecule has 1 aliphatic rings. The molecule has 6 heteroatoms. The molecule has 1 atom stereocenters. The molecule has 1 aliphatic heterocycles. The Morgan fingerprint density at radius 2 is 2.07 bits per heavy atom. The van der Waals surface area contributed by atoms with Crippen LogP contribution in [0.2, 0.25) is 5.02 Å². The maximum atomic E-state index is 12.8. The van der Waals surface area contributed by atoms with E-state index in [1.807, 2.05) is 48.2 Å². The van der Waals surface area contributed by atoms with Crippen molar-refractivity contribution in [1.29, 1.82) is 0 Å². The molecule has 3 aromatic rings. The van der Waals surface area contributed by atoms with Crippen LogP contribution in [-0.2, 0) is 16.1 Å². The maximum absolute atomic E-state index is 12.8. The second kappa shape index (κ2) is 7.33. The number of para-hydroxylation sites is 2. The third-order valence-corrected chi connectivity index (χ3v) is 5.39. The van der Waals surface area contributed by atoms with Crippen LogP contribution >= 0.6 is 11.6 Å². The third-order valence-electron chi connectivity index (χ3n) is 5.16. The Morgan fingerprint density at radius 3 is 2.89 bits per heavy atom. The van der Waals surface area contributed by atoms with Crippen LogP contribution in [0.3, 0.4) is 0 Å². The quantitative estimate of drug-likeness (QED) is 0.664. The van der Waals surface area contributed by atoms with E-state index in [1.54, 1.807) is 7.11 Å². The van der Waals surface area contributed by atoms with Crippen LogP contribution in [0.1, 0.15) is 23.7 Å². The highest BCUT2D eigenvalue weighted by molar-refractivity contribution is 6.31. The molecule has 1 amide bonds. The molecule has 5 nitrogen and oxygen atoms in total. The Kier molecular flexibility index (Phi) is 4.89. The Morgan fingerprint density at radius 1 is 1.26 bits per heavy atom. The summed E-state index contributed by atoms with van der Waals surface area (Å²) in [6, 6.07) is 13.7. The number of carbonyl (C=O) groups is 1. The van der Waals surface area contributed by atoms with E-state index in [4.69, 9.17) is 21.3 Å². The summed E-state index contributed by atoms with van der Waals surface area (Å²) in [6.45, 7) is 3.93. The van der Waals surface area contributed by atoms with E-state index in [1.165, 1.54) is 0 Å². The summed E-state index contributed by atoms with van der Waals surface area (Å²) in [5, 5.41) is 0.638. The smallest absolute Gasteiger partial charge is 0.227 e. The fourth-order valence-electron chi connectivity index (χ4n) is 3.81. The van der Waals surface area contributed by atoms with E-state index in [0.717, 1.165) is 28.1 Å². The second-order valence-electron chi connectivity index (χ2n) is 6.94. The van der Waals surface area contributed by atoms with Gasteiger partial charge in [0.25, 0.3) is 0 Å². The molecule has 0 aliphatic carbocycles. The number of methoxy groups -OCH3 is 1. The molecule has 1 unspecified atom stereocenters. The number of halogens is 1. The first-order valence-electron chi connectivity index (χ1n) is 9.09. The zero-order valence-corrected chi connectivity index (χ0v) is 16.2. The lowest BCUT2D eigenvalue weighted by Crippen LogP contribution is -2.25. The number of nitrogens with zero attached hydrogens (tertiary/aromatic N) is 3. The van der Waals surface area contributed by atoms with E-state index < -0.39 is 0 Å². The number of aromatic nitrogens is 2. The number of benzene rings is 2. The topological polar surface area (TPSA) is 47.4 Å². The van der Waals surface area contributed by atoms with Crippen molar-refractivity contribution in [3.63, 3.8) is 0 Å². The number of aryl methyl sites for hydroxylation is 1. The van der Waals surface area contributed by atoms with Crippen LogP contribution in [-0.4, -0.2) is 35.7 Å². The van der Waals surface area contributed by atoms with Gasteiger partial charge in [-0.1, -0.05) is 29.8 Å². The third kappa shape index (κ3) is 3.33. The maximum Gasteiger partial charge on any atom is 0.227 e. The average molecular weight is 384 g/mol. The Hall–Kier alpha value is -2.37. The number of hydrogen-bond donors (Lipinski definition) is 0. The molecule has 0 saturated carbocycles. The fourth-order valence-corrected chi connectivity index (χ4v) is 3.98. The Balaban J connectivity index is 1.70. The van der Waals surface area contributed by atoms with Crippen molar-refractivity contribution < 1.29 is 9.53 Å². The summed E-state index contributed by atoms with van der Waals surface area (Å²) >= 11 is 6.16.